The van der Waals surface area contributed by atoms with Gasteiger partial charge in [0, 0.05) is 12.0 Å². The largest absolute Gasteiger partial charge is 0.388 e. The monoisotopic (exact) mass is 229 g/mol. The van der Waals surface area contributed by atoms with Crippen LogP contribution in [0.2, 0.25) is 0 Å². The summed E-state index contributed by atoms with van der Waals surface area (Å²) in [7, 11) is 0. The maximum Gasteiger partial charge on any atom is 0.126 e. The normalized spacial score (nSPS) is 14.8. The number of nitrogens with two attached hydrogens (primary N) is 1. The van der Waals surface area contributed by atoms with Gasteiger partial charge in [-0.3, -0.25) is 0 Å². The van der Waals surface area contributed by atoms with Gasteiger partial charge in [-0.05, 0) is 30.7 Å². The van der Waals surface area contributed by atoms with Crippen LogP contribution < -0.4 is 5.73 Å². The zero-order valence-corrected chi connectivity index (χ0v) is 9.29. The van der Waals surface area contributed by atoms with Crippen LogP contribution in [0.15, 0.2) is 18.2 Å². The van der Waals surface area contributed by atoms with E-state index in [1.165, 1.54) is 0 Å². The van der Waals surface area contributed by atoms with Crippen LogP contribution in [-0.4, -0.2) is 11.7 Å². The van der Waals surface area contributed by atoms with Gasteiger partial charge in [0.15, 0.2) is 0 Å². The Balaban J connectivity index is 2.89. The SMILES string of the molecule is CCCC(CN)C(O)c1cc(F)cc(F)c1. The average Bonchev–Trinajstić information content (AvgIpc) is 2.23. The van der Waals surface area contributed by atoms with Gasteiger partial charge in [0.25, 0.3) is 0 Å². The zero-order chi connectivity index (χ0) is 12.1. The molecule has 3 N–H and O–H groups in total. The Kier molecular flexibility index (Phi) is 4.83. The highest BCUT2D eigenvalue weighted by Gasteiger charge is 2.19. The molecule has 0 amide bonds. The van der Waals surface area contributed by atoms with E-state index in [0.29, 0.717) is 6.54 Å². The average molecular weight is 229 g/mol. The first-order chi connectivity index (χ1) is 7.58. The molecule has 2 atom stereocenters. The van der Waals surface area contributed by atoms with Gasteiger partial charge >= 0.3 is 0 Å². The maximum absolute atomic E-state index is 13.0. The predicted molar refractivity (Wildman–Crippen MR) is 58.8 cm³/mol. The quantitative estimate of drug-likeness (QED) is 0.814. The Hall–Kier alpha value is -1.00. The first kappa shape index (κ1) is 13.1. The predicted octanol–water partition coefficient (Wildman–Crippen LogP) is 2.37. The van der Waals surface area contributed by atoms with E-state index in [2.05, 4.69) is 0 Å². The van der Waals surface area contributed by atoms with Crippen molar-refractivity contribution in [2.24, 2.45) is 11.7 Å². The summed E-state index contributed by atoms with van der Waals surface area (Å²) in [4.78, 5) is 0. The lowest BCUT2D eigenvalue weighted by Crippen LogP contribution is -2.22. The van der Waals surface area contributed by atoms with Gasteiger partial charge in [-0.1, -0.05) is 13.3 Å². The van der Waals surface area contributed by atoms with Crippen LogP contribution in [0, 0.1) is 17.6 Å². The third-order valence-corrected chi connectivity index (χ3v) is 2.64. The van der Waals surface area contributed by atoms with Crippen molar-refractivity contribution in [3.63, 3.8) is 0 Å². The van der Waals surface area contributed by atoms with E-state index in [0.717, 1.165) is 31.0 Å². The fourth-order valence-corrected chi connectivity index (χ4v) is 1.79. The Bertz CT molecular complexity index is 324. The van der Waals surface area contributed by atoms with Crippen molar-refractivity contribution in [2.75, 3.05) is 6.54 Å². The third kappa shape index (κ3) is 3.25. The summed E-state index contributed by atoms with van der Waals surface area (Å²) >= 11 is 0. The molecule has 0 aromatic heterocycles. The Morgan fingerprint density at radius 3 is 2.25 bits per heavy atom. The van der Waals surface area contributed by atoms with Crippen molar-refractivity contribution in [3.8, 4) is 0 Å². The highest BCUT2D eigenvalue weighted by atomic mass is 19.1. The molecule has 2 nitrogen and oxygen atoms in total. The van der Waals surface area contributed by atoms with Gasteiger partial charge in [0.05, 0.1) is 6.10 Å². The summed E-state index contributed by atoms with van der Waals surface area (Å²) in [6.07, 6.45) is 0.696. The van der Waals surface area contributed by atoms with Crippen LogP contribution in [-0.2, 0) is 0 Å². The minimum atomic E-state index is -0.907. The van der Waals surface area contributed by atoms with Crippen molar-refractivity contribution in [3.05, 3.63) is 35.4 Å². The molecular formula is C12H17F2NO. The lowest BCUT2D eigenvalue weighted by atomic mass is 9.92. The molecule has 0 aliphatic heterocycles. The number of hydrogen-bond donors (Lipinski definition) is 2. The topological polar surface area (TPSA) is 46.2 Å². The van der Waals surface area contributed by atoms with Crippen LogP contribution in [0.4, 0.5) is 8.78 Å². The fraction of sp³-hybridized carbons (Fsp3) is 0.500. The van der Waals surface area contributed by atoms with Crippen LogP contribution in [0.25, 0.3) is 0 Å². The van der Waals surface area contributed by atoms with Crippen molar-refractivity contribution in [1.82, 2.24) is 0 Å². The molecule has 1 aromatic rings. The summed E-state index contributed by atoms with van der Waals surface area (Å²) in [6.45, 7) is 2.27. The van der Waals surface area contributed by atoms with Crippen molar-refractivity contribution in [2.45, 2.75) is 25.9 Å². The molecule has 0 spiro atoms. The van der Waals surface area contributed by atoms with Gasteiger partial charge in [-0.25, -0.2) is 8.78 Å². The maximum atomic E-state index is 13.0. The molecule has 0 aliphatic carbocycles. The van der Waals surface area contributed by atoms with Crippen molar-refractivity contribution >= 4 is 0 Å². The van der Waals surface area contributed by atoms with E-state index >= 15 is 0 Å². The molecule has 0 heterocycles. The summed E-state index contributed by atoms with van der Waals surface area (Å²) in [5, 5.41) is 9.95. The second kappa shape index (κ2) is 5.92. The molecule has 1 rings (SSSR count). The van der Waals surface area contributed by atoms with E-state index in [9.17, 15) is 13.9 Å². The summed E-state index contributed by atoms with van der Waals surface area (Å²) in [5.74, 6) is -1.52. The van der Waals surface area contributed by atoms with Crippen LogP contribution in [0.3, 0.4) is 0 Å². The summed E-state index contributed by atoms with van der Waals surface area (Å²) in [5.41, 5.74) is 5.78. The van der Waals surface area contributed by atoms with Gasteiger partial charge in [-0.2, -0.15) is 0 Å². The lowest BCUT2D eigenvalue weighted by molar-refractivity contribution is 0.106. The van der Waals surface area contributed by atoms with Crippen molar-refractivity contribution < 1.29 is 13.9 Å². The molecule has 0 fully saturated rings. The second-order valence-electron chi connectivity index (χ2n) is 3.93. The molecule has 1 aromatic carbocycles. The van der Waals surface area contributed by atoms with E-state index in [4.69, 9.17) is 5.73 Å². The molecule has 0 saturated carbocycles. The molecule has 0 saturated heterocycles. The van der Waals surface area contributed by atoms with Gasteiger partial charge in [0.2, 0.25) is 0 Å². The standard InChI is InChI=1S/C12H17F2NO/c1-2-3-8(7-15)12(16)9-4-10(13)6-11(14)5-9/h4-6,8,12,16H,2-3,7,15H2,1H3. The molecule has 4 heteroatoms. The smallest absolute Gasteiger partial charge is 0.126 e. The van der Waals surface area contributed by atoms with Crippen LogP contribution in [0.5, 0.6) is 0 Å². The number of aliphatic hydroxyl groups excluding tert-OH is 1. The molecule has 2 unspecified atom stereocenters. The fourth-order valence-electron chi connectivity index (χ4n) is 1.79. The zero-order valence-electron chi connectivity index (χ0n) is 9.29. The minimum Gasteiger partial charge on any atom is -0.388 e. The Morgan fingerprint density at radius 2 is 1.81 bits per heavy atom. The van der Waals surface area contributed by atoms with E-state index in [1.807, 2.05) is 6.92 Å². The summed E-state index contributed by atoms with van der Waals surface area (Å²) in [6, 6.07) is 3.08. The molecule has 0 radical (unpaired) electrons. The lowest BCUT2D eigenvalue weighted by Gasteiger charge is -2.21. The molecule has 0 aliphatic rings. The van der Waals surface area contributed by atoms with Crippen LogP contribution in [0.1, 0.15) is 31.4 Å². The van der Waals surface area contributed by atoms with Crippen LogP contribution >= 0.6 is 0 Å². The van der Waals surface area contributed by atoms with Gasteiger partial charge in [0.1, 0.15) is 11.6 Å². The van der Waals surface area contributed by atoms with E-state index in [-0.39, 0.29) is 11.5 Å². The number of benzene rings is 1. The van der Waals surface area contributed by atoms with Gasteiger partial charge in [-0.15, -0.1) is 0 Å². The Labute approximate surface area is 94.1 Å². The number of aliphatic hydroxyl groups is 1. The molecule has 90 valence electrons. The highest BCUT2D eigenvalue weighted by Crippen LogP contribution is 2.26. The van der Waals surface area contributed by atoms with Crippen molar-refractivity contribution in [1.29, 1.82) is 0 Å². The number of rotatable bonds is 5. The number of hydrogen-bond acceptors (Lipinski definition) is 2. The van der Waals surface area contributed by atoms with E-state index < -0.39 is 17.7 Å². The first-order valence-electron chi connectivity index (χ1n) is 5.42. The molecule has 16 heavy (non-hydrogen) atoms. The summed E-state index contributed by atoms with van der Waals surface area (Å²) < 4.78 is 25.9. The van der Waals surface area contributed by atoms with E-state index in [1.54, 1.807) is 0 Å². The number of halogens is 2. The van der Waals surface area contributed by atoms with Gasteiger partial charge < -0.3 is 10.8 Å². The highest BCUT2D eigenvalue weighted by molar-refractivity contribution is 5.20. The third-order valence-electron chi connectivity index (χ3n) is 2.64. The molecule has 0 bridgehead atoms. The first-order valence-corrected chi connectivity index (χ1v) is 5.42. The minimum absolute atomic E-state index is 0.161. The second-order valence-corrected chi connectivity index (χ2v) is 3.93. The molecular weight excluding hydrogens is 212 g/mol. The Morgan fingerprint density at radius 1 is 1.25 bits per heavy atom.